The fourth-order valence-corrected chi connectivity index (χ4v) is 4.62. The minimum atomic E-state index is 0.676. The summed E-state index contributed by atoms with van der Waals surface area (Å²) in [6.45, 7) is 6.88. The molecule has 0 radical (unpaired) electrons. The number of benzene rings is 1. The summed E-state index contributed by atoms with van der Waals surface area (Å²) in [4.78, 5) is 10.6. The second-order valence-electron chi connectivity index (χ2n) is 8.23. The van der Waals surface area contributed by atoms with Gasteiger partial charge in [-0.1, -0.05) is 90.7 Å². The molecule has 0 aliphatic heterocycles. The Balaban J connectivity index is 1.76. The molecule has 0 amide bonds. The predicted octanol–water partition coefficient (Wildman–Crippen LogP) is 8.50. The maximum Gasteiger partial charge on any atom is 0.159 e. The van der Waals surface area contributed by atoms with E-state index in [2.05, 4.69) is 55.0 Å². The number of nitrogens with zero attached hydrogens (tertiary/aromatic N) is 2. The number of aromatic nitrogens is 2. The molecule has 0 fully saturated rings. The molecular weight excluding hydrogens is 372 g/mol. The van der Waals surface area contributed by atoms with Crippen LogP contribution in [0.3, 0.4) is 0 Å². The van der Waals surface area contributed by atoms with Crippen molar-refractivity contribution < 1.29 is 0 Å². The highest BCUT2D eigenvalue weighted by Gasteiger charge is 2.06. The van der Waals surface area contributed by atoms with Gasteiger partial charge in [-0.05, 0) is 37.0 Å². The Morgan fingerprint density at radius 1 is 0.759 bits per heavy atom. The molecule has 0 N–H and O–H groups in total. The molecular formula is C26H40N2S. The molecule has 1 aromatic carbocycles. The number of unbranched alkanes of at least 4 members (excludes halogenated alkanes) is 8. The Labute approximate surface area is 183 Å². The number of thioether (sulfide) groups is 1. The summed E-state index contributed by atoms with van der Waals surface area (Å²) in [5.41, 5.74) is 2.37. The highest BCUT2D eigenvalue weighted by Crippen LogP contribution is 2.28. The molecule has 1 aromatic heterocycles. The Bertz CT molecular complexity index is 651. The van der Waals surface area contributed by atoms with Gasteiger partial charge in [0.1, 0.15) is 0 Å². The number of aryl methyl sites for hydroxylation is 1. The molecule has 2 rings (SSSR count). The van der Waals surface area contributed by atoms with Crippen LogP contribution >= 0.6 is 11.8 Å². The minimum Gasteiger partial charge on any atom is -0.236 e. The van der Waals surface area contributed by atoms with E-state index in [0.29, 0.717) is 5.25 Å². The van der Waals surface area contributed by atoms with Crippen LogP contribution in [0.1, 0.15) is 97.0 Å². The van der Waals surface area contributed by atoms with Crippen LogP contribution in [0.4, 0.5) is 0 Å². The maximum absolute atomic E-state index is 4.61. The Hall–Kier alpha value is -1.35. The van der Waals surface area contributed by atoms with Crippen LogP contribution in [-0.4, -0.2) is 15.2 Å². The van der Waals surface area contributed by atoms with Gasteiger partial charge in [0.2, 0.25) is 0 Å². The molecule has 0 saturated carbocycles. The van der Waals surface area contributed by atoms with Crippen molar-refractivity contribution in [3.05, 3.63) is 42.2 Å². The topological polar surface area (TPSA) is 25.8 Å². The monoisotopic (exact) mass is 412 g/mol. The minimum absolute atomic E-state index is 0.676. The van der Waals surface area contributed by atoms with Crippen LogP contribution in [-0.2, 0) is 6.42 Å². The second-order valence-corrected chi connectivity index (χ2v) is 9.75. The van der Waals surface area contributed by atoms with Crippen LogP contribution < -0.4 is 0 Å². The van der Waals surface area contributed by atoms with Crippen molar-refractivity contribution in [1.29, 1.82) is 0 Å². The van der Waals surface area contributed by atoms with Crippen molar-refractivity contribution in [1.82, 2.24) is 9.97 Å². The first-order valence-corrected chi connectivity index (χ1v) is 12.7. The average molecular weight is 413 g/mol. The smallest absolute Gasteiger partial charge is 0.159 e. The SMILES string of the molecule is CCCCCCCCc1cnc(-c2ccc(SC(C)CCCCCC)cc2)nc1. The Morgan fingerprint density at radius 3 is 2.00 bits per heavy atom. The van der Waals surface area contributed by atoms with Gasteiger partial charge < -0.3 is 0 Å². The summed E-state index contributed by atoms with van der Waals surface area (Å²) in [6, 6.07) is 8.76. The van der Waals surface area contributed by atoms with Crippen molar-refractivity contribution in [2.24, 2.45) is 0 Å². The third kappa shape index (κ3) is 9.80. The van der Waals surface area contributed by atoms with Crippen LogP contribution in [0.5, 0.6) is 0 Å². The molecule has 0 spiro atoms. The first-order valence-electron chi connectivity index (χ1n) is 11.8. The molecule has 1 heterocycles. The zero-order chi connectivity index (χ0) is 20.7. The van der Waals surface area contributed by atoms with Gasteiger partial charge in [0.25, 0.3) is 0 Å². The van der Waals surface area contributed by atoms with Crippen molar-refractivity contribution in [2.75, 3.05) is 0 Å². The van der Waals surface area contributed by atoms with Crippen molar-refractivity contribution in [3.8, 4) is 11.4 Å². The van der Waals surface area contributed by atoms with E-state index in [1.807, 2.05) is 24.2 Å². The van der Waals surface area contributed by atoms with Gasteiger partial charge in [-0.3, -0.25) is 0 Å². The number of hydrogen-bond donors (Lipinski definition) is 0. The summed E-state index contributed by atoms with van der Waals surface area (Å²) in [5.74, 6) is 0.834. The van der Waals surface area contributed by atoms with E-state index in [0.717, 1.165) is 17.8 Å². The van der Waals surface area contributed by atoms with Crippen LogP contribution in [0.15, 0.2) is 41.6 Å². The van der Waals surface area contributed by atoms with Crippen molar-refractivity contribution in [2.45, 2.75) is 108 Å². The third-order valence-corrected chi connectivity index (χ3v) is 6.62. The fraction of sp³-hybridized carbons (Fsp3) is 0.615. The lowest BCUT2D eigenvalue weighted by molar-refractivity contribution is 0.607. The highest BCUT2D eigenvalue weighted by molar-refractivity contribution is 7.99. The summed E-state index contributed by atoms with van der Waals surface area (Å²) in [6.07, 6.45) is 19.8. The molecule has 1 unspecified atom stereocenters. The van der Waals surface area contributed by atoms with Gasteiger partial charge in [0, 0.05) is 28.1 Å². The van der Waals surface area contributed by atoms with Gasteiger partial charge in [0.15, 0.2) is 5.82 Å². The highest BCUT2D eigenvalue weighted by atomic mass is 32.2. The van der Waals surface area contributed by atoms with E-state index in [1.54, 1.807) is 0 Å². The first kappa shape index (κ1) is 23.9. The lowest BCUT2D eigenvalue weighted by atomic mass is 10.1. The van der Waals surface area contributed by atoms with Crippen LogP contribution in [0.2, 0.25) is 0 Å². The summed E-state index contributed by atoms with van der Waals surface area (Å²) in [5, 5.41) is 0.676. The Morgan fingerprint density at radius 2 is 1.34 bits per heavy atom. The largest absolute Gasteiger partial charge is 0.236 e. The lowest BCUT2D eigenvalue weighted by Crippen LogP contribution is -1.96. The second kappa shape index (κ2) is 14.6. The van der Waals surface area contributed by atoms with E-state index in [-0.39, 0.29) is 0 Å². The van der Waals surface area contributed by atoms with Crippen LogP contribution in [0.25, 0.3) is 11.4 Å². The molecule has 0 saturated heterocycles. The third-order valence-electron chi connectivity index (χ3n) is 5.44. The quantitative estimate of drug-likeness (QED) is 0.216. The maximum atomic E-state index is 4.61. The molecule has 3 heteroatoms. The van der Waals surface area contributed by atoms with Crippen molar-refractivity contribution >= 4 is 11.8 Å². The van der Waals surface area contributed by atoms with Gasteiger partial charge in [-0.15, -0.1) is 11.8 Å². The summed E-state index contributed by atoms with van der Waals surface area (Å²) >= 11 is 1.98. The average Bonchev–Trinajstić information content (AvgIpc) is 2.75. The number of rotatable bonds is 15. The van der Waals surface area contributed by atoms with E-state index < -0.39 is 0 Å². The summed E-state index contributed by atoms with van der Waals surface area (Å²) in [7, 11) is 0. The molecule has 1 atom stereocenters. The molecule has 0 aliphatic carbocycles. The molecule has 2 aromatic rings. The molecule has 0 bridgehead atoms. The first-order chi connectivity index (χ1) is 14.2. The van der Waals surface area contributed by atoms with E-state index >= 15 is 0 Å². The van der Waals surface area contributed by atoms with Gasteiger partial charge in [-0.2, -0.15) is 0 Å². The zero-order valence-electron chi connectivity index (χ0n) is 18.8. The normalized spacial score (nSPS) is 12.2. The summed E-state index contributed by atoms with van der Waals surface area (Å²) < 4.78 is 0. The lowest BCUT2D eigenvalue weighted by Gasteiger charge is -2.11. The van der Waals surface area contributed by atoms with E-state index in [4.69, 9.17) is 0 Å². The molecule has 29 heavy (non-hydrogen) atoms. The van der Waals surface area contributed by atoms with Gasteiger partial charge in [-0.25, -0.2) is 9.97 Å². The number of hydrogen-bond acceptors (Lipinski definition) is 3. The molecule has 160 valence electrons. The van der Waals surface area contributed by atoms with E-state index in [9.17, 15) is 0 Å². The van der Waals surface area contributed by atoms with E-state index in [1.165, 1.54) is 81.1 Å². The fourth-order valence-electron chi connectivity index (χ4n) is 3.57. The van der Waals surface area contributed by atoms with Gasteiger partial charge in [0.05, 0.1) is 0 Å². The Kier molecular flexibility index (Phi) is 12.0. The van der Waals surface area contributed by atoms with Gasteiger partial charge >= 0.3 is 0 Å². The van der Waals surface area contributed by atoms with Crippen molar-refractivity contribution in [3.63, 3.8) is 0 Å². The molecule has 2 nitrogen and oxygen atoms in total. The zero-order valence-corrected chi connectivity index (χ0v) is 19.6. The standard InChI is InChI=1S/C26H40N2S/c1-4-6-8-10-11-13-15-23-20-27-26(28-21-23)24-16-18-25(19-17-24)29-22(3)14-12-9-7-5-2/h16-22H,4-15H2,1-3H3. The molecule has 0 aliphatic rings. The predicted molar refractivity (Wildman–Crippen MR) is 129 cm³/mol. The van der Waals surface area contributed by atoms with Crippen LogP contribution in [0, 0.1) is 0 Å².